The maximum Gasteiger partial charge on any atom is 0.256 e. The fourth-order valence-corrected chi connectivity index (χ4v) is 6.73. The highest BCUT2D eigenvalue weighted by Gasteiger charge is 2.57. The van der Waals surface area contributed by atoms with E-state index < -0.39 is 38.6 Å². The van der Waals surface area contributed by atoms with Crippen molar-refractivity contribution in [1.29, 1.82) is 0 Å². The second-order valence-corrected chi connectivity index (χ2v) is 13.6. The van der Waals surface area contributed by atoms with E-state index in [1.54, 1.807) is 12.2 Å². The third-order valence-electron chi connectivity index (χ3n) is 7.17. The average Bonchev–Trinajstić information content (AvgIpc) is 2.88. The topological polar surface area (TPSA) is 132 Å². The van der Waals surface area contributed by atoms with Crippen LogP contribution in [0.15, 0.2) is 36.4 Å². The van der Waals surface area contributed by atoms with Crippen molar-refractivity contribution >= 4 is 27.7 Å². The molecular formula is C28H43N3O7S. The lowest BCUT2D eigenvalue weighted by Crippen LogP contribution is -2.64. The highest BCUT2D eigenvalue weighted by Crippen LogP contribution is 2.37. The monoisotopic (exact) mass is 565 g/mol. The summed E-state index contributed by atoms with van der Waals surface area (Å²) < 4.78 is 35.9. The largest absolute Gasteiger partial charge is 0.380 e. The molecule has 1 unspecified atom stereocenters. The third kappa shape index (κ3) is 8.34. The van der Waals surface area contributed by atoms with Gasteiger partial charge in [-0.2, -0.15) is 0 Å². The standard InChI is InChI=1S/C28H43N3O7S/c1-21(2)17-28(39(4,34)35,26(33)30-29-18-27(3)19-36-20-27)23(14-10-13-22-11-6-5-7-12-22)25(32)31-38-24-15-8-9-16-37-24/h5-7,10-13,21,23-24,29H,8-9,14-20H2,1-4H3,(H,30,33)(H,31,32)/t23-,24?,28+/m0/s1. The van der Waals surface area contributed by atoms with Crippen LogP contribution in [0.2, 0.25) is 0 Å². The van der Waals surface area contributed by atoms with Crippen LogP contribution in [0.25, 0.3) is 6.08 Å². The second kappa shape index (κ2) is 13.8. The Bertz CT molecular complexity index is 1080. The van der Waals surface area contributed by atoms with Crippen LogP contribution in [0.5, 0.6) is 0 Å². The second-order valence-electron chi connectivity index (χ2n) is 11.4. The van der Waals surface area contributed by atoms with Crippen LogP contribution < -0.4 is 16.3 Å². The van der Waals surface area contributed by atoms with Gasteiger partial charge < -0.3 is 9.47 Å². The zero-order valence-corrected chi connectivity index (χ0v) is 24.2. The Labute approximate surface area is 232 Å². The highest BCUT2D eigenvalue weighted by atomic mass is 32.2. The molecule has 39 heavy (non-hydrogen) atoms. The van der Waals surface area contributed by atoms with E-state index in [4.69, 9.17) is 14.3 Å². The Morgan fingerprint density at radius 3 is 2.49 bits per heavy atom. The van der Waals surface area contributed by atoms with E-state index in [1.165, 1.54) is 0 Å². The van der Waals surface area contributed by atoms with E-state index in [1.807, 2.05) is 51.1 Å². The molecule has 2 aliphatic rings. The summed E-state index contributed by atoms with van der Waals surface area (Å²) in [6.07, 6.45) is 6.27. The third-order valence-corrected chi connectivity index (χ3v) is 9.13. The maximum absolute atomic E-state index is 13.9. The Morgan fingerprint density at radius 1 is 1.21 bits per heavy atom. The van der Waals surface area contributed by atoms with Crippen molar-refractivity contribution in [2.75, 3.05) is 32.6 Å². The smallest absolute Gasteiger partial charge is 0.256 e. The number of hydrazine groups is 1. The summed E-state index contributed by atoms with van der Waals surface area (Å²) >= 11 is 0. The Morgan fingerprint density at radius 2 is 1.92 bits per heavy atom. The average molecular weight is 566 g/mol. The number of allylic oxidation sites excluding steroid dienone is 1. The molecule has 1 aromatic carbocycles. The molecule has 1 aromatic rings. The summed E-state index contributed by atoms with van der Waals surface area (Å²) in [5.41, 5.74) is 8.66. The number of nitrogens with one attached hydrogen (secondary N) is 3. The minimum absolute atomic E-state index is 0.00558. The van der Waals surface area contributed by atoms with Gasteiger partial charge in [0.05, 0.1) is 19.1 Å². The first-order chi connectivity index (χ1) is 18.5. The predicted molar refractivity (Wildman–Crippen MR) is 149 cm³/mol. The first-order valence-corrected chi connectivity index (χ1v) is 15.5. The quantitative estimate of drug-likeness (QED) is 0.294. The first kappa shape index (κ1) is 31.2. The molecule has 0 radical (unpaired) electrons. The van der Waals surface area contributed by atoms with Crippen LogP contribution in [0.3, 0.4) is 0 Å². The zero-order chi connectivity index (χ0) is 28.5. The fourth-order valence-electron chi connectivity index (χ4n) is 4.99. The molecule has 2 heterocycles. The number of rotatable bonds is 14. The summed E-state index contributed by atoms with van der Waals surface area (Å²) in [7, 11) is -4.12. The van der Waals surface area contributed by atoms with Gasteiger partial charge >= 0.3 is 0 Å². The first-order valence-electron chi connectivity index (χ1n) is 13.6. The number of hydroxylamine groups is 1. The van der Waals surface area contributed by atoms with Gasteiger partial charge in [-0.3, -0.25) is 15.0 Å². The molecule has 3 rings (SSSR count). The predicted octanol–water partition coefficient (Wildman–Crippen LogP) is 2.77. The molecule has 11 heteroatoms. The summed E-state index contributed by atoms with van der Waals surface area (Å²) in [6.45, 7) is 7.64. The molecule has 0 aromatic heterocycles. The van der Waals surface area contributed by atoms with E-state index >= 15 is 0 Å². The molecule has 0 saturated carbocycles. The number of hydrogen-bond donors (Lipinski definition) is 3. The van der Waals surface area contributed by atoms with Crippen molar-refractivity contribution in [3.05, 3.63) is 42.0 Å². The van der Waals surface area contributed by atoms with Crippen molar-refractivity contribution in [3.63, 3.8) is 0 Å². The molecule has 0 aliphatic carbocycles. The molecule has 10 nitrogen and oxygen atoms in total. The number of carbonyl (C=O) groups is 2. The molecule has 2 amide bonds. The number of ether oxygens (including phenoxy) is 2. The number of sulfone groups is 1. The van der Waals surface area contributed by atoms with Gasteiger partial charge in [0.2, 0.25) is 5.91 Å². The molecular weight excluding hydrogens is 522 g/mol. The van der Waals surface area contributed by atoms with Crippen LogP contribution in [-0.2, 0) is 33.7 Å². The fraction of sp³-hybridized carbons (Fsp3) is 0.643. The lowest BCUT2D eigenvalue weighted by molar-refractivity contribution is -0.202. The summed E-state index contributed by atoms with van der Waals surface area (Å²) in [5, 5.41) is 0. The highest BCUT2D eigenvalue weighted by molar-refractivity contribution is 7.93. The van der Waals surface area contributed by atoms with E-state index in [9.17, 15) is 18.0 Å². The van der Waals surface area contributed by atoms with Gasteiger partial charge in [0.15, 0.2) is 20.9 Å². The summed E-state index contributed by atoms with van der Waals surface area (Å²) in [5.74, 6) is -2.95. The van der Waals surface area contributed by atoms with Crippen molar-refractivity contribution in [3.8, 4) is 0 Å². The molecule has 2 aliphatic heterocycles. The van der Waals surface area contributed by atoms with Gasteiger partial charge in [0.1, 0.15) is 0 Å². The minimum Gasteiger partial charge on any atom is -0.380 e. The van der Waals surface area contributed by atoms with Crippen molar-refractivity contribution < 1.29 is 32.3 Å². The van der Waals surface area contributed by atoms with Crippen molar-refractivity contribution in [1.82, 2.24) is 16.3 Å². The summed E-state index contributed by atoms with van der Waals surface area (Å²) in [6, 6.07) is 9.45. The maximum atomic E-state index is 13.9. The van der Waals surface area contributed by atoms with Crippen LogP contribution in [0, 0.1) is 17.3 Å². The van der Waals surface area contributed by atoms with Crippen LogP contribution in [-0.4, -0.2) is 63.9 Å². The Hall–Kier alpha value is -2.31. The number of amides is 2. The SMILES string of the molecule is CC(C)C[C@](C(=O)NNCC1(C)COC1)([C@@H](CC=Cc1ccccc1)C(=O)NOC1CCCCO1)S(C)(=O)=O. The van der Waals surface area contributed by atoms with Gasteiger partial charge in [-0.15, -0.1) is 0 Å². The summed E-state index contributed by atoms with van der Waals surface area (Å²) in [4.78, 5) is 33.1. The van der Waals surface area contributed by atoms with Crippen LogP contribution in [0.4, 0.5) is 0 Å². The molecule has 0 spiro atoms. The molecule has 3 atom stereocenters. The number of benzene rings is 1. The van der Waals surface area contributed by atoms with Crippen LogP contribution in [0.1, 0.15) is 58.4 Å². The van der Waals surface area contributed by atoms with E-state index in [2.05, 4.69) is 16.3 Å². The minimum atomic E-state index is -4.12. The molecule has 218 valence electrons. The van der Waals surface area contributed by atoms with Gasteiger partial charge in [0.25, 0.3) is 5.91 Å². The van der Waals surface area contributed by atoms with Gasteiger partial charge in [-0.05, 0) is 37.2 Å². The molecule has 0 bridgehead atoms. The zero-order valence-electron chi connectivity index (χ0n) is 23.4. The number of carbonyl (C=O) groups excluding carboxylic acids is 2. The lowest BCUT2D eigenvalue weighted by Gasteiger charge is -2.40. The van der Waals surface area contributed by atoms with E-state index in [-0.39, 0.29) is 24.2 Å². The Balaban J connectivity index is 1.92. The van der Waals surface area contributed by atoms with Crippen molar-refractivity contribution in [2.45, 2.75) is 63.9 Å². The van der Waals surface area contributed by atoms with Gasteiger partial charge in [-0.1, -0.05) is 63.3 Å². The lowest BCUT2D eigenvalue weighted by atomic mass is 9.81. The van der Waals surface area contributed by atoms with Gasteiger partial charge in [-0.25, -0.2) is 24.2 Å². The van der Waals surface area contributed by atoms with E-state index in [0.717, 1.165) is 24.7 Å². The van der Waals surface area contributed by atoms with Gasteiger partial charge in [0, 0.05) is 31.2 Å². The Kier molecular flexibility index (Phi) is 11.1. The number of hydrogen-bond acceptors (Lipinski definition) is 8. The normalized spacial score (nSPS) is 21.6. The van der Waals surface area contributed by atoms with E-state index in [0.29, 0.717) is 32.8 Å². The molecule has 3 N–H and O–H groups in total. The van der Waals surface area contributed by atoms with Crippen molar-refractivity contribution in [2.24, 2.45) is 17.3 Å². The molecule has 2 fully saturated rings. The molecule has 2 saturated heterocycles. The van der Waals surface area contributed by atoms with Crippen LogP contribution >= 0.6 is 0 Å².